The largest absolute Gasteiger partial charge is 0.340 e. The van der Waals surface area contributed by atoms with Gasteiger partial charge in [0.2, 0.25) is 0 Å². The molecule has 0 spiro atoms. The van der Waals surface area contributed by atoms with Crippen LogP contribution in [0.5, 0.6) is 0 Å². The summed E-state index contributed by atoms with van der Waals surface area (Å²) in [5.74, 6) is 0. The number of hydrogen-bond acceptors (Lipinski definition) is 0. The summed E-state index contributed by atoms with van der Waals surface area (Å²) in [6.07, 6.45) is 0. The van der Waals surface area contributed by atoms with Crippen LogP contribution in [0.4, 0.5) is 0 Å². The lowest BCUT2D eigenvalue weighted by molar-refractivity contribution is -0.459. The lowest BCUT2D eigenvalue weighted by atomic mass is 11.1. The Labute approximate surface area is 59.3 Å². The van der Waals surface area contributed by atoms with Gasteiger partial charge in [0.25, 0.3) is 0 Å². The van der Waals surface area contributed by atoms with E-state index in [1.54, 1.807) is 18.7 Å². The summed E-state index contributed by atoms with van der Waals surface area (Å²) < 4.78 is 1.90. The molecule has 44 valence electrons. The number of nitrogens with zero attached hydrogens (tertiary/aromatic N) is 1. The minimum Gasteiger partial charge on any atom is -0.215 e. The first-order chi connectivity index (χ1) is 2.64. The summed E-state index contributed by atoms with van der Waals surface area (Å²) >= 11 is 10.4. The molecule has 1 nitrogen and oxygen atoms in total. The van der Waals surface area contributed by atoms with E-state index < -0.39 is 0 Å². The zero-order valence-electron chi connectivity index (χ0n) is 4.11. The van der Waals surface area contributed by atoms with Crippen molar-refractivity contribution in [1.82, 2.24) is 0 Å². The fraction of sp³-hybridized carbons (Fsp3) is 0.667. The van der Waals surface area contributed by atoms with Crippen molar-refractivity contribution in [1.29, 1.82) is 0 Å². The summed E-state index contributed by atoms with van der Waals surface area (Å²) in [6.45, 7) is 0. The molecule has 0 amide bonds. The molecule has 0 bridgehead atoms. The molecule has 0 aliphatic rings. The molecule has 4 heteroatoms. The molecule has 0 aliphatic carbocycles. The van der Waals surface area contributed by atoms with Gasteiger partial charge in [-0.3, -0.25) is 0 Å². The predicted octanol–water partition coefficient (Wildman–Crippen LogP) is 1.51. The molecular weight excluding hydrogens is 156 g/mol. The molecule has 0 atom stereocenters. The van der Waals surface area contributed by atoms with E-state index in [9.17, 15) is 0 Å². The van der Waals surface area contributed by atoms with Crippen LogP contribution in [0.15, 0.2) is 0 Å². The van der Waals surface area contributed by atoms with Crippen LogP contribution in [0.3, 0.4) is 0 Å². The second kappa shape index (κ2) is 4.69. The number of rotatable bonds is 0. The van der Waals surface area contributed by atoms with Gasteiger partial charge in [-0.2, -0.15) is 0 Å². The van der Waals surface area contributed by atoms with E-state index in [4.69, 9.17) is 23.2 Å². The minimum atomic E-state index is 0. The lowest BCUT2D eigenvalue weighted by Gasteiger charge is -1.77. The second-order valence-electron chi connectivity index (χ2n) is 1.13. The molecule has 0 rings (SSSR count). The lowest BCUT2D eigenvalue weighted by Crippen LogP contribution is -1.98. The first kappa shape index (κ1) is 10.5. The molecule has 0 aromatic carbocycles. The Morgan fingerprint density at radius 2 is 1.43 bits per heavy atom. The van der Waals surface area contributed by atoms with Crippen LogP contribution in [0.25, 0.3) is 0 Å². The van der Waals surface area contributed by atoms with Crippen molar-refractivity contribution in [2.45, 2.75) is 0 Å². The summed E-state index contributed by atoms with van der Waals surface area (Å²) in [4.78, 5) is 0. The molecule has 0 aromatic heterocycles. The van der Waals surface area contributed by atoms with Crippen LogP contribution in [-0.4, -0.2) is 23.3 Å². The van der Waals surface area contributed by atoms with Gasteiger partial charge in [-0.1, -0.05) is 0 Å². The van der Waals surface area contributed by atoms with Gasteiger partial charge in [-0.05, 0) is 0 Å². The molecule has 0 aliphatic heterocycles. The zero-order chi connectivity index (χ0) is 5.15. The van der Waals surface area contributed by atoms with Crippen molar-refractivity contribution in [3.8, 4) is 0 Å². The average molecular weight is 163 g/mol. The van der Waals surface area contributed by atoms with Gasteiger partial charge in [-0.15, -0.1) is 12.4 Å². The highest BCUT2D eigenvalue weighted by molar-refractivity contribution is 6.94. The third-order valence-electron chi connectivity index (χ3n) is 0.338. The molecule has 0 radical (unpaired) electrons. The quantitative estimate of drug-likeness (QED) is 0.376. The van der Waals surface area contributed by atoms with E-state index in [2.05, 4.69) is 0 Å². The van der Waals surface area contributed by atoms with Crippen LogP contribution in [-0.2, 0) is 0 Å². The Morgan fingerprint density at radius 3 is 1.43 bits per heavy atom. The topological polar surface area (TPSA) is 3.01 Å². The highest BCUT2D eigenvalue weighted by atomic mass is 35.5. The molecule has 7 heavy (non-hydrogen) atoms. The van der Waals surface area contributed by atoms with Crippen LogP contribution in [0.2, 0.25) is 0 Å². The number of hydrogen-bond donors (Lipinski definition) is 0. The van der Waals surface area contributed by atoms with E-state index in [1.165, 1.54) is 0 Å². The summed E-state index contributed by atoms with van der Waals surface area (Å²) in [7, 11) is 3.55. The van der Waals surface area contributed by atoms with Crippen LogP contribution >= 0.6 is 35.6 Å². The Hall–Kier alpha value is 0.540. The predicted molar refractivity (Wildman–Crippen MR) is 36.1 cm³/mol. The van der Waals surface area contributed by atoms with E-state index in [0.29, 0.717) is 0 Å². The Bertz CT molecular complexity index is 60.2. The summed E-state index contributed by atoms with van der Waals surface area (Å²) in [6, 6.07) is 0. The molecule has 0 aromatic rings. The normalized spacial score (nSPS) is 6.86. The molecule has 0 fully saturated rings. The molecular formula is C3H7Cl3N+. The summed E-state index contributed by atoms with van der Waals surface area (Å²) in [5, 5.41) is 0. The molecule has 0 heterocycles. The van der Waals surface area contributed by atoms with Gasteiger partial charge < -0.3 is 0 Å². The maximum atomic E-state index is 5.22. The third-order valence-corrected chi connectivity index (χ3v) is 1.01. The molecule has 0 unspecified atom stereocenters. The van der Waals surface area contributed by atoms with Gasteiger partial charge in [0, 0.05) is 23.2 Å². The maximum absolute atomic E-state index is 5.22. The van der Waals surface area contributed by atoms with Gasteiger partial charge in [-0.25, -0.2) is 4.58 Å². The fourth-order valence-electron chi connectivity index (χ4n) is 0. The average Bonchev–Trinajstić information content (AvgIpc) is 1.36. The van der Waals surface area contributed by atoms with Crippen LogP contribution < -0.4 is 0 Å². The summed E-state index contributed by atoms with van der Waals surface area (Å²) in [5.41, 5.74) is 0. The fourth-order valence-corrected chi connectivity index (χ4v) is 0. The van der Waals surface area contributed by atoms with E-state index >= 15 is 0 Å². The monoisotopic (exact) mass is 162 g/mol. The van der Waals surface area contributed by atoms with Crippen molar-refractivity contribution in [2.24, 2.45) is 0 Å². The zero-order valence-corrected chi connectivity index (χ0v) is 6.44. The van der Waals surface area contributed by atoms with Crippen molar-refractivity contribution < 1.29 is 4.58 Å². The van der Waals surface area contributed by atoms with E-state index in [0.717, 1.165) is 0 Å². The maximum Gasteiger partial charge on any atom is 0.340 e. The highest BCUT2D eigenvalue weighted by Gasteiger charge is 1.90. The third kappa shape index (κ3) is 6.54. The Morgan fingerprint density at radius 1 is 1.29 bits per heavy atom. The van der Waals surface area contributed by atoms with Gasteiger partial charge in [0.15, 0.2) is 0 Å². The van der Waals surface area contributed by atoms with E-state index in [-0.39, 0.29) is 17.0 Å². The van der Waals surface area contributed by atoms with Gasteiger partial charge >= 0.3 is 4.63 Å². The minimum absolute atomic E-state index is 0. The molecule has 0 saturated heterocycles. The first-order valence-electron chi connectivity index (χ1n) is 1.50. The second-order valence-corrected chi connectivity index (χ2v) is 2.04. The standard InChI is InChI=1S/C3H6Cl2N.ClH/c1-6(2)3(4)5;/h1-2H3;1H/q+1;. The SMILES string of the molecule is C[N+](C)=C(Cl)Cl.Cl. The molecule has 0 N–H and O–H groups in total. The number of halogens is 3. The highest BCUT2D eigenvalue weighted by Crippen LogP contribution is 1.85. The van der Waals surface area contributed by atoms with Gasteiger partial charge in [0.05, 0.1) is 0 Å². The van der Waals surface area contributed by atoms with Crippen LogP contribution in [0.1, 0.15) is 0 Å². The van der Waals surface area contributed by atoms with Crippen molar-refractivity contribution >= 4 is 40.2 Å². The van der Waals surface area contributed by atoms with Crippen LogP contribution in [0, 0.1) is 0 Å². The van der Waals surface area contributed by atoms with Crippen molar-refractivity contribution in [3.63, 3.8) is 0 Å². The smallest absolute Gasteiger partial charge is 0.215 e. The van der Waals surface area contributed by atoms with Crippen molar-refractivity contribution in [3.05, 3.63) is 0 Å². The Kier molecular flexibility index (Phi) is 7.04. The van der Waals surface area contributed by atoms with Crippen molar-refractivity contribution in [2.75, 3.05) is 14.1 Å². The van der Waals surface area contributed by atoms with E-state index in [1.807, 2.05) is 0 Å². The first-order valence-corrected chi connectivity index (χ1v) is 2.25. The van der Waals surface area contributed by atoms with Gasteiger partial charge in [0.1, 0.15) is 14.1 Å². The Balaban J connectivity index is 0. The molecule has 0 saturated carbocycles.